The molecule has 2 unspecified atom stereocenters. The predicted octanol–water partition coefficient (Wildman–Crippen LogP) is 2.56. The average molecular weight is 265 g/mol. The fraction of sp³-hybridized carbons (Fsp3) is 0.533. The number of aliphatic carboxylic acids is 1. The number of benzene rings is 1. The maximum absolute atomic E-state index is 11.2. The van der Waals surface area contributed by atoms with Crippen molar-refractivity contribution in [2.45, 2.75) is 45.1 Å². The summed E-state index contributed by atoms with van der Waals surface area (Å²) in [6, 6.07) is 7.31. The molecule has 3 N–H and O–H groups in total. The molecule has 0 aliphatic carbocycles. The highest BCUT2D eigenvalue weighted by atomic mass is 16.5. The monoisotopic (exact) mass is 265 g/mol. The summed E-state index contributed by atoms with van der Waals surface area (Å²) in [5.41, 5.74) is 6.41. The topological polar surface area (TPSA) is 72.5 Å². The predicted molar refractivity (Wildman–Crippen MR) is 75.5 cm³/mol. The number of para-hydroxylation sites is 1. The zero-order valence-electron chi connectivity index (χ0n) is 11.8. The summed E-state index contributed by atoms with van der Waals surface area (Å²) in [5, 5.41) is 9.18. The van der Waals surface area contributed by atoms with E-state index in [2.05, 4.69) is 0 Å². The third-order valence-corrected chi connectivity index (χ3v) is 3.58. The van der Waals surface area contributed by atoms with Gasteiger partial charge >= 0.3 is 5.97 Å². The van der Waals surface area contributed by atoms with Gasteiger partial charge in [0.25, 0.3) is 0 Å². The summed E-state index contributed by atoms with van der Waals surface area (Å²) in [5.74, 6) is -0.129. The highest BCUT2D eigenvalue weighted by Crippen LogP contribution is 2.37. The molecule has 0 spiro atoms. The van der Waals surface area contributed by atoms with Crippen LogP contribution in [0.5, 0.6) is 5.75 Å². The molecule has 0 heterocycles. The molecule has 106 valence electrons. The number of carboxylic acid groups (broad SMARTS) is 1. The van der Waals surface area contributed by atoms with E-state index in [9.17, 15) is 9.90 Å². The fourth-order valence-electron chi connectivity index (χ4n) is 2.41. The maximum atomic E-state index is 11.2. The van der Waals surface area contributed by atoms with Crippen molar-refractivity contribution in [1.82, 2.24) is 0 Å². The summed E-state index contributed by atoms with van der Waals surface area (Å²) in [6.07, 6.45) is 0.705. The fourth-order valence-corrected chi connectivity index (χ4v) is 2.41. The number of hydrogen-bond donors (Lipinski definition) is 2. The molecule has 0 aliphatic rings. The van der Waals surface area contributed by atoms with E-state index in [1.807, 2.05) is 45.0 Å². The van der Waals surface area contributed by atoms with Gasteiger partial charge in [0, 0.05) is 17.0 Å². The van der Waals surface area contributed by atoms with E-state index < -0.39 is 11.4 Å². The Morgan fingerprint density at radius 3 is 2.58 bits per heavy atom. The zero-order chi connectivity index (χ0) is 14.5. The van der Waals surface area contributed by atoms with Crippen molar-refractivity contribution in [3.8, 4) is 5.75 Å². The number of hydrogen-bond acceptors (Lipinski definition) is 3. The van der Waals surface area contributed by atoms with Crippen molar-refractivity contribution in [3.05, 3.63) is 29.8 Å². The van der Waals surface area contributed by atoms with Crippen LogP contribution in [-0.4, -0.2) is 23.7 Å². The minimum atomic E-state index is -0.849. The molecule has 0 fully saturated rings. The molecule has 4 heteroatoms. The van der Waals surface area contributed by atoms with Crippen LogP contribution in [0, 0.1) is 0 Å². The number of carbonyl (C=O) groups is 1. The highest BCUT2D eigenvalue weighted by molar-refractivity contribution is 5.69. The van der Waals surface area contributed by atoms with Gasteiger partial charge in [-0.15, -0.1) is 0 Å². The van der Waals surface area contributed by atoms with E-state index in [-0.39, 0.29) is 12.5 Å². The zero-order valence-corrected chi connectivity index (χ0v) is 11.8. The van der Waals surface area contributed by atoms with Gasteiger partial charge in [-0.2, -0.15) is 0 Å². The first-order valence-corrected chi connectivity index (χ1v) is 6.65. The summed E-state index contributed by atoms with van der Waals surface area (Å²) in [4.78, 5) is 11.2. The van der Waals surface area contributed by atoms with E-state index in [1.165, 1.54) is 0 Å². The summed E-state index contributed by atoms with van der Waals surface area (Å²) >= 11 is 0. The van der Waals surface area contributed by atoms with Crippen LogP contribution in [0.4, 0.5) is 0 Å². The number of rotatable bonds is 7. The Morgan fingerprint density at radius 1 is 1.42 bits per heavy atom. The van der Waals surface area contributed by atoms with Crippen LogP contribution in [-0.2, 0) is 10.2 Å². The largest absolute Gasteiger partial charge is 0.494 e. The lowest BCUT2D eigenvalue weighted by Gasteiger charge is -2.35. The van der Waals surface area contributed by atoms with Crippen LogP contribution in [0.1, 0.15) is 39.2 Å². The summed E-state index contributed by atoms with van der Waals surface area (Å²) in [6.45, 7) is 6.31. The van der Waals surface area contributed by atoms with E-state index >= 15 is 0 Å². The molecule has 0 aliphatic heterocycles. The first-order chi connectivity index (χ1) is 8.95. The smallest absolute Gasteiger partial charge is 0.304 e. The van der Waals surface area contributed by atoms with E-state index in [0.717, 1.165) is 11.3 Å². The molecule has 19 heavy (non-hydrogen) atoms. The molecule has 0 saturated carbocycles. The summed E-state index contributed by atoms with van der Waals surface area (Å²) in [7, 11) is 0. The van der Waals surface area contributed by atoms with Crippen molar-refractivity contribution in [3.63, 3.8) is 0 Å². The molecule has 1 aromatic carbocycles. The number of ether oxygens (including phenoxy) is 1. The SMILES string of the molecule is CCOc1ccccc1C(C)(CC(=O)O)C(N)CC. The lowest BCUT2D eigenvalue weighted by Crippen LogP contribution is -2.44. The molecular formula is C15H23NO3. The van der Waals surface area contributed by atoms with Crippen molar-refractivity contribution in [2.24, 2.45) is 5.73 Å². The van der Waals surface area contributed by atoms with Gasteiger partial charge < -0.3 is 15.6 Å². The van der Waals surface area contributed by atoms with Gasteiger partial charge in [0.2, 0.25) is 0 Å². The summed E-state index contributed by atoms with van der Waals surface area (Å²) < 4.78 is 5.61. The Balaban J connectivity index is 3.27. The van der Waals surface area contributed by atoms with E-state index in [1.54, 1.807) is 0 Å². The van der Waals surface area contributed by atoms with Crippen molar-refractivity contribution in [1.29, 1.82) is 0 Å². The van der Waals surface area contributed by atoms with Gasteiger partial charge in [0.1, 0.15) is 5.75 Å². The van der Waals surface area contributed by atoms with Gasteiger partial charge in [0.05, 0.1) is 13.0 Å². The van der Waals surface area contributed by atoms with Crippen LogP contribution >= 0.6 is 0 Å². The van der Waals surface area contributed by atoms with Gasteiger partial charge in [-0.1, -0.05) is 32.0 Å². The minimum Gasteiger partial charge on any atom is -0.494 e. The average Bonchev–Trinajstić information content (AvgIpc) is 2.37. The van der Waals surface area contributed by atoms with E-state index in [4.69, 9.17) is 10.5 Å². The third kappa shape index (κ3) is 3.47. The Bertz CT molecular complexity index is 433. The molecule has 1 rings (SSSR count). The van der Waals surface area contributed by atoms with Gasteiger partial charge in [0.15, 0.2) is 0 Å². The van der Waals surface area contributed by atoms with Crippen LogP contribution in [0.2, 0.25) is 0 Å². The highest BCUT2D eigenvalue weighted by Gasteiger charge is 2.37. The lowest BCUT2D eigenvalue weighted by molar-refractivity contribution is -0.138. The molecule has 0 saturated heterocycles. The molecule has 2 atom stereocenters. The Morgan fingerprint density at radius 2 is 2.05 bits per heavy atom. The van der Waals surface area contributed by atoms with Gasteiger partial charge in [-0.25, -0.2) is 0 Å². The van der Waals surface area contributed by atoms with Crippen molar-refractivity contribution >= 4 is 5.97 Å². The first kappa shape index (κ1) is 15.5. The molecular weight excluding hydrogens is 242 g/mol. The molecule has 0 bridgehead atoms. The van der Waals surface area contributed by atoms with Crippen LogP contribution in [0.25, 0.3) is 0 Å². The Hall–Kier alpha value is -1.55. The van der Waals surface area contributed by atoms with Gasteiger partial charge in [-0.05, 0) is 19.4 Å². The minimum absolute atomic E-state index is 0.00784. The molecule has 1 aromatic rings. The van der Waals surface area contributed by atoms with Crippen molar-refractivity contribution in [2.75, 3.05) is 6.61 Å². The molecule has 0 amide bonds. The number of carboxylic acids is 1. The van der Waals surface area contributed by atoms with Crippen LogP contribution in [0.3, 0.4) is 0 Å². The number of nitrogens with two attached hydrogens (primary N) is 1. The normalized spacial score (nSPS) is 15.6. The van der Waals surface area contributed by atoms with Crippen molar-refractivity contribution < 1.29 is 14.6 Å². The van der Waals surface area contributed by atoms with Crippen LogP contribution < -0.4 is 10.5 Å². The maximum Gasteiger partial charge on any atom is 0.304 e. The van der Waals surface area contributed by atoms with Gasteiger partial charge in [-0.3, -0.25) is 4.79 Å². The molecule has 0 radical (unpaired) electrons. The quantitative estimate of drug-likeness (QED) is 0.794. The third-order valence-electron chi connectivity index (χ3n) is 3.58. The standard InChI is InChI=1S/C15H23NO3/c1-4-13(16)15(3,10-14(17)18)11-8-6-7-9-12(11)19-5-2/h6-9,13H,4-5,10,16H2,1-3H3,(H,17,18). The van der Waals surface area contributed by atoms with E-state index in [0.29, 0.717) is 13.0 Å². The second kappa shape index (κ2) is 6.57. The second-order valence-corrected chi connectivity index (χ2v) is 4.93. The Labute approximate surface area is 114 Å². The lowest BCUT2D eigenvalue weighted by atomic mass is 9.72. The Kier molecular flexibility index (Phi) is 5.36. The molecule has 0 aromatic heterocycles. The van der Waals surface area contributed by atoms with Crippen LogP contribution in [0.15, 0.2) is 24.3 Å². The molecule has 4 nitrogen and oxygen atoms in total. The first-order valence-electron chi connectivity index (χ1n) is 6.65. The second-order valence-electron chi connectivity index (χ2n) is 4.93.